The van der Waals surface area contributed by atoms with E-state index in [-0.39, 0.29) is 0 Å². The molecular formula is C7H16N2. The zero-order chi connectivity index (χ0) is 7.28. The van der Waals surface area contributed by atoms with Crippen LogP contribution in [0.4, 0.5) is 0 Å². The first-order valence-corrected chi connectivity index (χ1v) is 3.20. The van der Waals surface area contributed by atoms with Gasteiger partial charge in [-0.2, -0.15) is 0 Å². The van der Waals surface area contributed by atoms with Gasteiger partial charge >= 0.3 is 0 Å². The summed E-state index contributed by atoms with van der Waals surface area (Å²) in [5, 5.41) is 0. The molecule has 0 aliphatic rings. The monoisotopic (exact) mass is 128 g/mol. The van der Waals surface area contributed by atoms with Gasteiger partial charge in [0.2, 0.25) is 0 Å². The van der Waals surface area contributed by atoms with Crippen molar-refractivity contribution in [2.75, 3.05) is 26.7 Å². The predicted molar refractivity (Wildman–Crippen MR) is 41.4 cm³/mol. The molecule has 2 N–H and O–H groups in total. The van der Waals surface area contributed by atoms with E-state index in [0.717, 1.165) is 19.6 Å². The minimum Gasteiger partial charge on any atom is -0.329 e. The third-order valence-electron chi connectivity index (χ3n) is 1.05. The zero-order valence-corrected chi connectivity index (χ0v) is 6.35. The molecular weight excluding hydrogens is 112 g/mol. The number of nitrogens with zero attached hydrogens (tertiary/aromatic N) is 1. The fourth-order valence-electron chi connectivity index (χ4n) is 0.760. The highest BCUT2D eigenvalue weighted by Crippen LogP contribution is 1.89. The van der Waals surface area contributed by atoms with Gasteiger partial charge in [-0.05, 0) is 14.0 Å². The van der Waals surface area contributed by atoms with Gasteiger partial charge in [0.05, 0.1) is 0 Å². The Hall–Kier alpha value is -0.340. The Morgan fingerprint density at radius 2 is 2.22 bits per heavy atom. The van der Waals surface area contributed by atoms with E-state index in [4.69, 9.17) is 5.73 Å². The molecule has 0 rings (SSSR count). The van der Waals surface area contributed by atoms with E-state index in [0.29, 0.717) is 0 Å². The molecule has 0 aromatic heterocycles. The topological polar surface area (TPSA) is 29.3 Å². The summed E-state index contributed by atoms with van der Waals surface area (Å²) in [6.07, 6.45) is 0. The van der Waals surface area contributed by atoms with Gasteiger partial charge in [0.25, 0.3) is 0 Å². The molecule has 0 radical (unpaired) electrons. The molecule has 0 amide bonds. The highest BCUT2D eigenvalue weighted by molar-refractivity contribution is 4.90. The zero-order valence-electron chi connectivity index (χ0n) is 6.35. The maximum Gasteiger partial charge on any atom is 0.0184 e. The smallest absolute Gasteiger partial charge is 0.0184 e. The van der Waals surface area contributed by atoms with Crippen molar-refractivity contribution < 1.29 is 0 Å². The van der Waals surface area contributed by atoms with E-state index >= 15 is 0 Å². The number of nitrogens with two attached hydrogens (primary N) is 1. The number of likely N-dealkylation sites (N-methyl/N-ethyl adjacent to an activating group) is 1. The van der Waals surface area contributed by atoms with Gasteiger partial charge in [-0.1, -0.05) is 12.2 Å². The summed E-state index contributed by atoms with van der Waals surface area (Å²) in [4.78, 5) is 2.16. The third-order valence-corrected chi connectivity index (χ3v) is 1.05. The van der Waals surface area contributed by atoms with Gasteiger partial charge in [0.1, 0.15) is 0 Å². The molecule has 0 aliphatic heterocycles. The maximum atomic E-state index is 5.33. The van der Waals surface area contributed by atoms with Crippen LogP contribution in [0.2, 0.25) is 0 Å². The molecule has 0 aromatic carbocycles. The van der Waals surface area contributed by atoms with Crippen molar-refractivity contribution in [3.05, 3.63) is 12.2 Å². The Bertz CT molecular complexity index is 88.9. The van der Waals surface area contributed by atoms with Crippen molar-refractivity contribution in [1.82, 2.24) is 4.90 Å². The largest absolute Gasteiger partial charge is 0.329 e. The molecule has 0 unspecified atom stereocenters. The minimum absolute atomic E-state index is 0.726. The summed E-state index contributed by atoms with van der Waals surface area (Å²) in [7, 11) is 2.04. The van der Waals surface area contributed by atoms with E-state index in [1.54, 1.807) is 0 Å². The second-order valence-electron chi connectivity index (χ2n) is 2.48. The fraction of sp³-hybridized carbons (Fsp3) is 0.714. The maximum absolute atomic E-state index is 5.33. The Morgan fingerprint density at radius 1 is 1.67 bits per heavy atom. The molecule has 2 heteroatoms. The lowest BCUT2D eigenvalue weighted by Gasteiger charge is -2.14. The van der Waals surface area contributed by atoms with E-state index in [2.05, 4.69) is 11.5 Å². The highest BCUT2D eigenvalue weighted by Gasteiger charge is 1.93. The van der Waals surface area contributed by atoms with Gasteiger partial charge in [-0.15, -0.1) is 0 Å². The first kappa shape index (κ1) is 8.66. The summed E-state index contributed by atoms with van der Waals surface area (Å²) in [5.41, 5.74) is 6.52. The summed E-state index contributed by atoms with van der Waals surface area (Å²) in [6, 6.07) is 0. The van der Waals surface area contributed by atoms with E-state index in [1.807, 2.05) is 14.0 Å². The van der Waals surface area contributed by atoms with Gasteiger partial charge in [-0.25, -0.2) is 0 Å². The summed E-state index contributed by atoms with van der Waals surface area (Å²) in [6.45, 7) is 8.45. The molecule has 0 fully saturated rings. The van der Waals surface area contributed by atoms with Gasteiger partial charge in [0, 0.05) is 19.6 Å². The average molecular weight is 128 g/mol. The van der Waals surface area contributed by atoms with Crippen molar-refractivity contribution in [2.24, 2.45) is 5.73 Å². The number of hydrogen-bond acceptors (Lipinski definition) is 2. The number of hydrogen-bond donors (Lipinski definition) is 1. The lowest BCUT2D eigenvalue weighted by atomic mass is 10.3. The normalized spacial score (nSPS) is 10.2. The van der Waals surface area contributed by atoms with Crippen LogP contribution in [0.15, 0.2) is 12.2 Å². The molecule has 54 valence electrons. The highest BCUT2D eigenvalue weighted by atomic mass is 15.1. The summed E-state index contributed by atoms with van der Waals surface area (Å²) >= 11 is 0. The van der Waals surface area contributed by atoms with E-state index in [1.165, 1.54) is 5.57 Å². The quantitative estimate of drug-likeness (QED) is 0.557. The van der Waals surface area contributed by atoms with E-state index in [9.17, 15) is 0 Å². The van der Waals surface area contributed by atoms with E-state index < -0.39 is 0 Å². The minimum atomic E-state index is 0.726. The van der Waals surface area contributed by atoms with Crippen LogP contribution in [0, 0.1) is 0 Å². The number of rotatable bonds is 4. The molecule has 2 nitrogen and oxygen atoms in total. The molecule has 0 heterocycles. The molecule has 0 saturated heterocycles. The van der Waals surface area contributed by atoms with Crippen molar-refractivity contribution in [3.8, 4) is 0 Å². The van der Waals surface area contributed by atoms with Crippen LogP contribution in [0.3, 0.4) is 0 Å². The van der Waals surface area contributed by atoms with Gasteiger partial charge < -0.3 is 10.6 Å². The molecule has 0 aliphatic carbocycles. The Labute approximate surface area is 57.3 Å². The standard InChI is InChI=1S/C7H16N2/c1-7(2)6-9(3)5-4-8/h1,4-6,8H2,2-3H3. The van der Waals surface area contributed by atoms with Crippen LogP contribution >= 0.6 is 0 Å². The second-order valence-corrected chi connectivity index (χ2v) is 2.48. The third kappa shape index (κ3) is 5.53. The fourth-order valence-corrected chi connectivity index (χ4v) is 0.760. The SMILES string of the molecule is C=C(C)CN(C)CCN. The predicted octanol–water partition coefficient (Wildman–Crippen LogP) is 0.453. The first-order valence-electron chi connectivity index (χ1n) is 3.20. The Kier molecular flexibility index (Phi) is 4.36. The average Bonchev–Trinajstić information content (AvgIpc) is 1.63. The van der Waals surface area contributed by atoms with Crippen molar-refractivity contribution in [3.63, 3.8) is 0 Å². The lowest BCUT2D eigenvalue weighted by Crippen LogP contribution is -2.26. The molecule has 0 bridgehead atoms. The Morgan fingerprint density at radius 3 is 2.56 bits per heavy atom. The van der Waals surface area contributed by atoms with Crippen LogP contribution in [-0.2, 0) is 0 Å². The van der Waals surface area contributed by atoms with Gasteiger partial charge in [-0.3, -0.25) is 0 Å². The van der Waals surface area contributed by atoms with Crippen LogP contribution in [0.25, 0.3) is 0 Å². The summed E-state index contributed by atoms with van der Waals surface area (Å²) in [5.74, 6) is 0. The van der Waals surface area contributed by atoms with Gasteiger partial charge in [0.15, 0.2) is 0 Å². The van der Waals surface area contributed by atoms with Crippen LogP contribution in [0.5, 0.6) is 0 Å². The van der Waals surface area contributed by atoms with Crippen molar-refractivity contribution in [1.29, 1.82) is 0 Å². The Balaban J connectivity index is 3.26. The summed E-state index contributed by atoms with van der Waals surface area (Å²) < 4.78 is 0. The molecule has 0 aromatic rings. The molecule has 0 atom stereocenters. The second kappa shape index (κ2) is 4.53. The van der Waals surface area contributed by atoms with Crippen molar-refractivity contribution >= 4 is 0 Å². The molecule has 9 heavy (non-hydrogen) atoms. The van der Waals surface area contributed by atoms with Crippen molar-refractivity contribution in [2.45, 2.75) is 6.92 Å². The lowest BCUT2D eigenvalue weighted by molar-refractivity contribution is 0.373. The van der Waals surface area contributed by atoms with Crippen LogP contribution in [-0.4, -0.2) is 31.6 Å². The van der Waals surface area contributed by atoms with Crippen LogP contribution < -0.4 is 5.73 Å². The van der Waals surface area contributed by atoms with Crippen LogP contribution in [0.1, 0.15) is 6.92 Å². The molecule has 0 saturated carbocycles. The first-order chi connectivity index (χ1) is 4.16. The molecule has 0 spiro atoms.